The molecule has 2 heteroatoms. The van der Waals surface area contributed by atoms with Crippen molar-refractivity contribution in [1.29, 1.82) is 0 Å². The molecule has 24 heavy (non-hydrogen) atoms. The number of aliphatic carboxylic acids is 1. The molecule has 4 aliphatic rings. The number of hydrogen-bond acceptors (Lipinski definition) is 1. The summed E-state index contributed by atoms with van der Waals surface area (Å²) < 4.78 is 0. The molecule has 6 atom stereocenters. The molecule has 0 bridgehead atoms. The van der Waals surface area contributed by atoms with E-state index in [-0.39, 0.29) is 0 Å². The predicted molar refractivity (Wildman–Crippen MR) is 96.6 cm³/mol. The van der Waals surface area contributed by atoms with Gasteiger partial charge in [0.05, 0.1) is 0 Å². The second kappa shape index (κ2) is 5.75. The zero-order valence-corrected chi connectivity index (χ0v) is 15.3. The summed E-state index contributed by atoms with van der Waals surface area (Å²) in [6.45, 7) is 5.02. The van der Waals surface area contributed by atoms with Crippen molar-refractivity contribution in [2.24, 2.45) is 34.5 Å². The van der Waals surface area contributed by atoms with Gasteiger partial charge in [-0.3, -0.25) is 4.79 Å². The molecule has 0 aliphatic heterocycles. The molecule has 0 radical (unpaired) electrons. The lowest BCUT2D eigenvalue weighted by Crippen LogP contribution is -2.48. The predicted octanol–water partition coefficient (Wildman–Crippen LogP) is 5.60. The van der Waals surface area contributed by atoms with Gasteiger partial charge in [0.2, 0.25) is 0 Å². The van der Waals surface area contributed by atoms with Crippen molar-refractivity contribution >= 4 is 5.97 Å². The quantitative estimate of drug-likeness (QED) is 0.685. The zero-order valence-electron chi connectivity index (χ0n) is 15.3. The Morgan fingerprint density at radius 2 is 2.04 bits per heavy atom. The SMILES string of the molecule is C[C@@]12C=CC[C@H]1[C@@H]1CC=C3C[C@@H](CCC(=O)O)CC[C@]3(C)[C@H]1CC2. The molecule has 2 saturated carbocycles. The van der Waals surface area contributed by atoms with Gasteiger partial charge in [-0.05, 0) is 85.9 Å². The van der Waals surface area contributed by atoms with Crippen LogP contribution >= 0.6 is 0 Å². The molecule has 1 N–H and O–H groups in total. The first-order valence-electron chi connectivity index (χ1n) is 10.0. The highest BCUT2D eigenvalue weighted by atomic mass is 16.4. The fraction of sp³-hybridized carbons (Fsp3) is 0.773. The van der Waals surface area contributed by atoms with Crippen LogP contribution in [0.25, 0.3) is 0 Å². The maximum Gasteiger partial charge on any atom is 0.303 e. The molecule has 0 aromatic rings. The van der Waals surface area contributed by atoms with Crippen LogP contribution < -0.4 is 0 Å². The molecule has 0 amide bonds. The molecule has 2 nitrogen and oxygen atoms in total. The summed E-state index contributed by atoms with van der Waals surface area (Å²) in [5.41, 5.74) is 2.54. The second-order valence-electron chi connectivity index (χ2n) is 9.48. The van der Waals surface area contributed by atoms with E-state index < -0.39 is 5.97 Å². The van der Waals surface area contributed by atoms with Gasteiger partial charge in [0.15, 0.2) is 0 Å². The number of fused-ring (bicyclic) bond motifs is 5. The monoisotopic (exact) mass is 328 g/mol. The first kappa shape index (κ1) is 16.4. The molecule has 0 aromatic carbocycles. The topological polar surface area (TPSA) is 37.3 Å². The van der Waals surface area contributed by atoms with Crippen molar-refractivity contribution in [3.63, 3.8) is 0 Å². The highest BCUT2D eigenvalue weighted by molar-refractivity contribution is 5.66. The van der Waals surface area contributed by atoms with Gasteiger partial charge < -0.3 is 5.11 Å². The summed E-state index contributed by atoms with van der Waals surface area (Å²) in [4.78, 5) is 10.9. The summed E-state index contributed by atoms with van der Waals surface area (Å²) in [6.07, 6.45) is 17.7. The van der Waals surface area contributed by atoms with E-state index in [9.17, 15) is 4.79 Å². The van der Waals surface area contributed by atoms with Gasteiger partial charge in [0.1, 0.15) is 0 Å². The first-order chi connectivity index (χ1) is 11.4. The molecular formula is C22H32O2. The van der Waals surface area contributed by atoms with Crippen molar-refractivity contribution in [2.45, 2.75) is 71.6 Å². The largest absolute Gasteiger partial charge is 0.481 e. The third kappa shape index (κ3) is 2.48. The van der Waals surface area contributed by atoms with E-state index in [1.807, 2.05) is 0 Å². The maximum absolute atomic E-state index is 10.9. The highest BCUT2D eigenvalue weighted by Crippen LogP contribution is 2.63. The van der Waals surface area contributed by atoms with Crippen LogP contribution in [-0.4, -0.2) is 11.1 Å². The average molecular weight is 328 g/mol. The Balaban J connectivity index is 1.53. The Hall–Kier alpha value is -1.05. The van der Waals surface area contributed by atoms with Crippen molar-refractivity contribution in [1.82, 2.24) is 0 Å². The van der Waals surface area contributed by atoms with Crippen molar-refractivity contribution < 1.29 is 9.90 Å². The minimum atomic E-state index is -0.638. The molecule has 0 unspecified atom stereocenters. The van der Waals surface area contributed by atoms with Gasteiger partial charge in [-0.15, -0.1) is 0 Å². The van der Waals surface area contributed by atoms with Crippen molar-refractivity contribution in [3.8, 4) is 0 Å². The Labute approximate surface area is 146 Å². The molecule has 0 saturated heterocycles. The maximum atomic E-state index is 10.9. The molecule has 0 spiro atoms. The van der Waals surface area contributed by atoms with Gasteiger partial charge >= 0.3 is 5.97 Å². The van der Waals surface area contributed by atoms with Gasteiger partial charge in [0, 0.05) is 6.42 Å². The van der Waals surface area contributed by atoms with E-state index in [0.717, 1.165) is 30.6 Å². The third-order valence-corrected chi connectivity index (χ3v) is 8.30. The van der Waals surface area contributed by atoms with Crippen molar-refractivity contribution in [2.75, 3.05) is 0 Å². The lowest BCUT2D eigenvalue weighted by molar-refractivity contribution is -0.137. The minimum Gasteiger partial charge on any atom is -0.481 e. The fourth-order valence-electron chi connectivity index (χ4n) is 6.79. The number of hydrogen-bond donors (Lipinski definition) is 1. The van der Waals surface area contributed by atoms with Gasteiger partial charge in [-0.25, -0.2) is 0 Å². The zero-order chi connectivity index (χ0) is 16.9. The summed E-state index contributed by atoms with van der Waals surface area (Å²) in [7, 11) is 0. The molecule has 2 fully saturated rings. The third-order valence-electron chi connectivity index (χ3n) is 8.30. The Kier molecular flexibility index (Phi) is 3.93. The lowest BCUT2D eigenvalue weighted by Gasteiger charge is -2.57. The Bertz CT molecular complexity index is 589. The average Bonchev–Trinajstić information content (AvgIpc) is 2.94. The molecular weight excluding hydrogens is 296 g/mol. The molecule has 0 aromatic heterocycles. The van der Waals surface area contributed by atoms with Crippen LogP contribution in [-0.2, 0) is 4.79 Å². The molecule has 4 aliphatic carbocycles. The molecule has 0 heterocycles. The van der Waals surface area contributed by atoms with E-state index in [0.29, 0.717) is 23.2 Å². The molecule has 4 rings (SSSR count). The van der Waals surface area contributed by atoms with Crippen LogP contribution in [0.4, 0.5) is 0 Å². The first-order valence-corrected chi connectivity index (χ1v) is 10.0. The van der Waals surface area contributed by atoms with Crippen LogP contribution in [0.3, 0.4) is 0 Å². The summed E-state index contributed by atoms with van der Waals surface area (Å²) in [6, 6.07) is 0. The van der Waals surface area contributed by atoms with E-state index in [2.05, 4.69) is 32.1 Å². The van der Waals surface area contributed by atoms with Crippen LogP contribution in [0.15, 0.2) is 23.8 Å². The van der Waals surface area contributed by atoms with E-state index in [1.54, 1.807) is 5.57 Å². The normalized spacial score (nSPS) is 46.7. The van der Waals surface area contributed by atoms with Gasteiger partial charge in [-0.2, -0.15) is 0 Å². The van der Waals surface area contributed by atoms with E-state index in [4.69, 9.17) is 5.11 Å². The Morgan fingerprint density at radius 1 is 1.21 bits per heavy atom. The summed E-state index contributed by atoms with van der Waals surface area (Å²) in [5.74, 6) is 2.54. The van der Waals surface area contributed by atoms with Crippen LogP contribution in [0.5, 0.6) is 0 Å². The number of carboxylic acids is 1. The van der Waals surface area contributed by atoms with Crippen LogP contribution in [0, 0.1) is 34.5 Å². The van der Waals surface area contributed by atoms with E-state index >= 15 is 0 Å². The van der Waals surface area contributed by atoms with Gasteiger partial charge in [0.25, 0.3) is 0 Å². The number of rotatable bonds is 3. The van der Waals surface area contributed by atoms with Crippen molar-refractivity contribution in [3.05, 3.63) is 23.8 Å². The standard InChI is InChI=1S/C22H32O2/c1-21-11-3-4-18(21)17-7-6-16-14-15(5-8-20(23)24)9-13-22(16,2)19(17)10-12-21/h3,6,11,15,17-19H,4-5,7-10,12-14H2,1-2H3,(H,23,24)/t15-,17-,18-,19-,21-,22-/m0/s1. The van der Waals surface area contributed by atoms with Gasteiger partial charge in [-0.1, -0.05) is 37.6 Å². The summed E-state index contributed by atoms with van der Waals surface area (Å²) >= 11 is 0. The Morgan fingerprint density at radius 3 is 2.83 bits per heavy atom. The fourth-order valence-corrected chi connectivity index (χ4v) is 6.79. The number of carboxylic acid groups (broad SMARTS) is 1. The van der Waals surface area contributed by atoms with Crippen LogP contribution in [0.2, 0.25) is 0 Å². The smallest absolute Gasteiger partial charge is 0.303 e. The summed E-state index contributed by atoms with van der Waals surface area (Å²) in [5, 5.41) is 8.97. The number of allylic oxidation sites excluding steroid dienone is 4. The number of carbonyl (C=O) groups is 1. The molecule has 132 valence electrons. The lowest BCUT2D eigenvalue weighted by atomic mass is 9.47. The van der Waals surface area contributed by atoms with E-state index in [1.165, 1.54) is 38.5 Å². The second-order valence-corrected chi connectivity index (χ2v) is 9.48. The van der Waals surface area contributed by atoms with Crippen LogP contribution in [0.1, 0.15) is 71.6 Å². The highest BCUT2D eigenvalue weighted by Gasteiger charge is 2.54. The minimum absolute atomic E-state index is 0.340.